The van der Waals surface area contributed by atoms with Crippen LogP contribution >= 0.6 is 0 Å². The van der Waals surface area contributed by atoms with E-state index in [-0.39, 0.29) is 11.9 Å². The van der Waals surface area contributed by atoms with Gasteiger partial charge >= 0.3 is 0 Å². The molecule has 144 valence electrons. The van der Waals surface area contributed by atoms with Crippen LogP contribution in [0.25, 0.3) is 0 Å². The highest BCUT2D eigenvalue weighted by molar-refractivity contribution is 5.81. The van der Waals surface area contributed by atoms with E-state index in [1.54, 1.807) is 0 Å². The maximum Gasteiger partial charge on any atom is 0.261 e. The lowest BCUT2D eigenvalue weighted by Crippen LogP contribution is -2.39. The van der Waals surface area contributed by atoms with E-state index in [4.69, 9.17) is 4.74 Å². The predicted molar refractivity (Wildman–Crippen MR) is 110 cm³/mol. The number of hydrogen-bond donors (Lipinski definition) is 1. The first kappa shape index (κ1) is 19.5. The number of fused-ring (bicyclic) bond motifs is 1. The fourth-order valence-electron chi connectivity index (χ4n) is 3.70. The minimum atomic E-state index is -0.469. The zero-order valence-electron chi connectivity index (χ0n) is 16.8. The van der Waals surface area contributed by atoms with Gasteiger partial charge in [0.1, 0.15) is 5.75 Å². The number of nitrogens with one attached hydrogen (secondary N) is 1. The number of carbonyl (C=O) groups is 1. The highest BCUT2D eigenvalue weighted by Crippen LogP contribution is 2.26. The number of ether oxygens (including phenoxy) is 1. The summed E-state index contributed by atoms with van der Waals surface area (Å²) in [5.74, 6) is 0.750. The summed E-state index contributed by atoms with van der Waals surface area (Å²) in [6, 6.07) is 14.7. The minimum absolute atomic E-state index is 0.0374. The Morgan fingerprint density at radius 2 is 1.74 bits per heavy atom. The van der Waals surface area contributed by atoms with Crippen LogP contribution in [0.15, 0.2) is 42.5 Å². The molecule has 0 bridgehead atoms. The number of carbonyl (C=O) groups excluding carboxylic acids is 1. The lowest BCUT2D eigenvalue weighted by molar-refractivity contribution is -0.128. The predicted octanol–water partition coefficient (Wildman–Crippen LogP) is 5.16. The topological polar surface area (TPSA) is 38.3 Å². The van der Waals surface area contributed by atoms with E-state index in [1.165, 1.54) is 29.5 Å². The molecule has 1 aliphatic carbocycles. The standard InChI is InChI=1S/C24H31NO2/c1-4-18-10-12-19(13-11-18)17(3)25-24(26)23(5-2)27-22-15-14-20-8-6-7-9-21(20)16-22/h10-17,23H,4-9H2,1-3H3,(H,25,26)/t17-,23-/m0/s1. The minimum Gasteiger partial charge on any atom is -0.481 e. The molecule has 1 amide bonds. The SMILES string of the molecule is CCc1ccc([C@H](C)NC(=O)[C@H](CC)Oc2ccc3c(c2)CCCC3)cc1. The highest BCUT2D eigenvalue weighted by atomic mass is 16.5. The molecule has 0 fully saturated rings. The average Bonchev–Trinajstić information content (AvgIpc) is 2.71. The maximum absolute atomic E-state index is 12.7. The summed E-state index contributed by atoms with van der Waals surface area (Å²) in [4.78, 5) is 12.7. The van der Waals surface area contributed by atoms with E-state index < -0.39 is 6.10 Å². The van der Waals surface area contributed by atoms with Gasteiger partial charge in [0.2, 0.25) is 0 Å². The molecule has 0 saturated heterocycles. The third kappa shape index (κ3) is 4.91. The monoisotopic (exact) mass is 365 g/mol. The van der Waals surface area contributed by atoms with Crippen molar-refractivity contribution in [2.75, 3.05) is 0 Å². The van der Waals surface area contributed by atoms with Gasteiger partial charge in [-0.15, -0.1) is 0 Å². The molecule has 1 N–H and O–H groups in total. The molecule has 1 aliphatic rings. The molecule has 2 aromatic rings. The van der Waals surface area contributed by atoms with Crippen molar-refractivity contribution in [3.63, 3.8) is 0 Å². The molecule has 0 radical (unpaired) electrons. The van der Waals surface area contributed by atoms with E-state index >= 15 is 0 Å². The first-order valence-electron chi connectivity index (χ1n) is 10.3. The lowest BCUT2D eigenvalue weighted by Gasteiger charge is -2.22. The molecular formula is C24H31NO2. The van der Waals surface area contributed by atoms with Gasteiger partial charge < -0.3 is 10.1 Å². The Kier molecular flexibility index (Phi) is 6.54. The Morgan fingerprint density at radius 3 is 2.41 bits per heavy atom. The third-order valence-corrected chi connectivity index (χ3v) is 5.51. The summed E-state index contributed by atoms with van der Waals surface area (Å²) in [5.41, 5.74) is 5.22. The van der Waals surface area contributed by atoms with Gasteiger partial charge in [0, 0.05) is 0 Å². The summed E-state index contributed by atoms with van der Waals surface area (Å²) in [6.07, 6.45) is 5.97. The van der Waals surface area contributed by atoms with Crippen molar-refractivity contribution in [1.82, 2.24) is 5.32 Å². The van der Waals surface area contributed by atoms with Gasteiger partial charge in [-0.1, -0.05) is 44.2 Å². The van der Waals surface area contributed by atoms with E-state index in [0.29, 0.717) is 6.42 Å². The maximum atomic E-state index is 12.7. The Balaban J connectivity index is 1.63. The fraction of sp³-hybridized carbons (Fsp3) is 0.458. The second-order valence-electron chi connectivity index (χ2n) is 7.48. The van der Waals surface area contributed by atoms with Crippen LogP contribution in [0.2, 0.25) is 0 Å². The third-order valence-electron chi connectivity index (χ3n) is 5.51. The summed E-state index contributed by atoms with van der Waals surface area (Å²) >= 11 is 0. The lowest BCUT2D eigenvalue weighted by atomic mass is 9.92. The number of amides is 1. The zero-order chi connectivity index (χ0) is 19.2. The molecule has 0 aliphatic heterocycles. The Bertz CT molecular complexity index is 766. The van der Waals surface area contributed by atoms with Gasteiger partial charge in [-0.05, 0) is 79.8 Å². The second-order valence-corrected chi connectivity index (χ2v) is 7.48. The van der Waals surface area contributed by atoms with Gasteiger partial charge in [-0.25, -0.2) is 0 Å². The van der Waals surface area contributed by atoms with Crippen LogP contribution < -0.4 is 10.1 Å². The van der Waals surface area contributed by atoms with Crippen LogP contribution in [0.5, 0.6) is 5.75 Å². The van der Waals surface area contributed by atoms with Gasteiger partial charge in [-0.2, -0.15) is 0 Å². The second kappa shape index (κ2) is 9.07. The largest absolute Gasteiger partial charge is 0.481 e. The van der Waals surface area contributed by atoms with Crippen LogP contribution in [0.1, 0.15) is 68.3 Å². The van der Waals surface area contributed by atoms with E-state index in [0.717, 1.165) is 30.6 Å². The summed E-state index contributed by atoms with van der Waals surface area (Å²) in [7, 11) is 0. The molecule has 0 unspecified atom stereocenters. The Morgan fingerprint density at radius 1 is 1.04 bits per heavy atom. The molecule has 3 rings (SSSR count). The number of aryl methyl sites for hydroxylation is 3. The van der Waals surface area contributed by atoms with Crippen LogP contribution in [-0.4, -0.2) is 12.0 Å². The van der Waals surface area contributed by atoms with Crippen molar-refractivity contribution in [3.8, 4) is 5.75 Å². The Hall–Kier alpha value is -2.29. The van der Waals surface area contributed by atoms with Crippen molar-refractivity contribution in [3.05, 3.63) is 64.7 Å². The molecule has 3 heteroatoms. The first-order valence-corrected chi connectivity index (χ1v) is 10.3. The number of rotatable bonds is 7. The summed E-state index contributed by atoms with van der Waals surface area (Å²) in [6.45, 7) is 6.15. The summed E-state index contributed by atoms with van der Waals surface area (Å²) < 4.78 is 6.05. The first-order chi connectivity index (χ1) is 13.1. The van der Waals surface area contributed by atoms with Crippen LogP contribution in [-0.2, 0) is 24.1 Å². The molecule has 0 aromatic heterocycles. The van der Waals surface area contributed by atoms with Crippen molar-refractivity contribution in [2.24, 2.45) is 0 Å². The van der Waals surface area contributed by atoms with E-state index in [1.807, 2.05) is 19.9 Å². The normalized spacial score (nSPS) is 15.5. The van der Waals surface area contributed by atoms with Crippen LogP contribution in [0.3, 0.4) is 0 Å². The molecule has 3 nitrogen and oxygen atoms in total. The van der Waals surface area contributed by atoms with Crippen molar-refractivity contribution in [2.45, 2.75) is 71.4 Å². The quantitative estimate of drug-likeness (QED) is 0.736. The van der Waals surface area contributed by atoms with Crippen LogP contribution in [0, 0.1) is 0 Å². The van der Waals surface area contributed by atoms with Crippen LogP contribution in [0.4, 0.5) is 0 Å². The molecular weight excluding hydrogens is 334 g/mol. The zero-order valence-corrected chi connectivity index (χ0v) is 16.8. The van der Waals surface area contributed by atoms with Gasteiger partial charge in [0.15, 0.2) is 6.10 Å². The summed E-state index contributed by atoms with van der Waals surface area (Å²) in [5, 5.41) is 3.10. The average molecular weight is 366 g/mol. The van der Waals surface area contributed by atoms with Crippen molar-refractivity contribution < 1.29 is 9.53 Å². The van der Waals surface area contributed by atoms with Gasteiger partial charge in [0.25, 0.3) is 5.91 Å². The molecule has 0 heterocycles. The molecule has 27 heavy (non-hydrogen) atoms. The molecule has 2 atom stereocenters. The highest BCUT2D eigenvalue weighted by Gasteiger charge is 2.21. The molecule has 0 saturated carbocycles. The molecule has 0 spiro atoms. The van der Waals surface area contributed by atoms with Gasteiger partial charge in [0.05, 0.1) is 6.04 Å². The number of hydrogen-bond acceptors (Lipinski definition) is 2. The van der Waals surface area contributed by atoms with E-state index in [2.05, 4.69) is 48.6 Å². The molecule has 2 aromatic carbocycles. The smallest absolute Gasteiger partial charge is 0.261 e. The fourth-order valence-corrected chi connectivity index (χ4v) is 3.70. The number of benzene rings is 2. The van der Waals surface area contributed by atoms with E-state index in [9.17, 15) is 4.79 Å². The van der Waals surface area contributed by atoms with Gasteiger partial charge in [-0.3, -0.25) is 4.79 Å². The van der Waals surface area contributed by atoms with Crippen molar-refractivity contribution >= 4 is 5.91 Å². The Labute approximate surface area is 163 Å². The van der Waals surface area contributed by atoms with Crippen molar-refractivity contribution in [1.29, 1.82) is 0 Å².